The molecule has 1 aliphatic rings. The summed E-state index contributed by atoms with van der Waals surface area (Å²) in [6, 6.07) is 0. The zero-order valence-corrected chi connectivity index (χ0v) is 10.9. The van der Waals surface area contributed by atoms with Crippen molar-refractivity contribution in [3.05, 3.63) is 0 Å². The largest absolute Gasteiger partial charge is 0.480 e. The number of hydrogen-bond acceptors (Lipinski definition) is 3. The van der Waals surface area contributed by atoms with E-state index in [1.54, 1.807) is 0 Å². The van der Waals surface area contributed by atoms with Gasteiger partial charge >= 0.3 is 11.9 Å². The lowest BCUT2D eigenvalue weighted by Gasteiger charge is -2.31. The topological polar surface area (TPSA) is 83.8 Å². The van der Waals surface area contributed by atoms with Gasteiger partial charge in [-0.05, 0) is 31.6 Å². The Labute approximate surface area is 107 Å². The molecule has 1 saturated heterocycles. The first-order valence-electron chi connectivity index (χ1n) is 6.57. The van der Waals surface area contributed by atoms with Crippen LogP contribution in [0.25, 0.3) is 0 Å². The number of ether oxygens (including phenoxy) is 1. The molecule has 1 rings (SSSR count). The van der Waals surface area contributed by atoms with Crippen molar-refractivity contribution in [1.29, 1.82) is 0 Å². The Balaban J connectivity index is 2.79. The van der Waals surface area contributed by atoms with Crippen molar-refractivity contribution in [2.75, 3.05) is 13.2 Å². The number of carbonyl (C=O) groups is 2. The molecule has 5 heteroatoms. The Morgan fingerprint density at radius 3 is 2.22 bits per heavy atom. The lowest BCUT2D eigenvalue weighted by molar-refractivity contribution is -0.167. The van der Waals surface area contributed by atoms with E-state index >= 15 is 0 Å². The minimum atomic E-state index is -1.61. The lowest BCUT2D eigenvalue weighted by Crippen LogP contribution is -2.41. The fourth-order valence-electron chi connectivity index (χ4n) is 2.50. The quantitative estimate of drug-likeness (QED) is 0.683. The van der Waals surface area contributed by atoms with Crippen LogP contribution in [0.2, 0.25) is 0 Å². The average molecular weight is 258 g/mol. The average Bonchev–Trinajstić information content (AvgIpc) is 2.35. The monoisotopic (exact) mass is 258 g/mol. The molecule has 104 valence electrons. The highest BCUT2D eigenvalue weighted by molar-refractivity contribution is 5.98. The molecule has 1 fully saturated rings. The van der Waals surface area contributed by atoms with Crippen molar-refractivity contribution in [2.45, 2.75) is 45.4 Å². The van der Waals surface area contributed by atoms with Gasteiger partial charge in [0.2, 0.25) is 0 Å². The van der Waals surface area contributed by atoms with Gasteiger partial charge in [-0.3, -0.25) is 9.59 Å². The van der Waals surface area contributed by atoms with E-state index in [2.05, 4.69) is 0 Å². The normalized spacial score (nSPS) is 17.6. The number of carboxylic acid groups (broad SMARTS) is 2. The fourth-order valence-corrected chi connectivity index (χ4v) is 2.50. The van der Waals surface area contributed by atoms with Crippen LogP contribution in [0.3, 0.4) is 0 Å². The standard InChI is InChI=1S/C13H22O5/c1-2-3-6-13(11(14)15,12(16)17)9-10-4-7-18-8-5-10/h10H,2-9H2,1H3,(H,14,15)(H,16,17). The molecule has 5 nitrogen and oxygen atoms in total. The Bertz CT molecular complexity index is 280. The number of hydrogen-bond donors (Lipinski definition) is 2. The summed E-state index contributed by atoms with van der Waals surface area (Å²) in [6.45, 7) is 3.14. The predicted molar refractivity (Wildman–Crippen MR) is 65.4 cm³/mol. The summed E-state index contributed by atoms with van der Waals surface area (Å²) in [5, 5.41) is 18.7. The van der Waals surface area contributed by atoms with Gasteiger partial charge in [0.15, 0.2) is 5.41 Å². The first-order valence-corrected chi connectivity index (χ1v) is 6.57. The first kappa shape index (κ1) is 15.0. The molecule has 0 aromatic carbocycles. The van der Waals surface area contributed by atoms with E-state index in [0.29, 0.717) is 19.6 Å². The van der Waals surface area contributed by atoms with Crippen molar-refractivity contribution < 1.29 is 24.5 Å². The lowest BCUT2D eigenvalue weighted by atomic mass is 9.73. The van der Waals surface area contributed by atoms with Crippen LogP contribution in [0.1, 0.15) is 45.4 Å². The highest BCUT2D eigenvalue weighted by Crippen LogP contribution is 2.36. The summed E-state index contributed by atoms with van der Waals surface area (Å²) in [5.74, 6) is -2.26. The Morgan fingerprint density at radius 1 is 1.22 bits per heavy atom. The zero-order valence-electron chi connectivity index (χ0n) is 10.9. The van der Waals surface area contributed by atoms with Crippen LogP contribution in [0.15, 0.2) is 0 Å². The molecule has 0 bridgehead atoms. The SMILES string of the molecule is CCCCC(CC1CCOCC1)(C(=O)O)C(=O)O. The van der Waals surface area contributed by atoms with E-state index in [1.165, 1.54) is 0 Å². The van der Waals surface area contributed by atoms with E-state index in [0.717, 1.165) is 19.3 Å². The van der Waals surface area contributed by atoms with E-state index in [4.69, 9.17) is 4.74 Å². The Hall–Kier alpha value is -1.10. The molecular weight excluding hydrogens is 236 g/mol. The second-order valence-corrected chi connectivity index (χ2v) is 5.06. The molecule has 0 aliphatic carbocycles. The van der Waals surface area contributed by atoms with Gasteiger partial charge in [0, 0.05) is 13.2 Å². The fraction of sp³-hybridized carbons (Fsp3) is 0.846. The van der Waals surface area contributed by atoms with Crippen LogP contribution >= 0.6 is 0 Å². The number of carboxylic acids is 2. The van der Waals surface area contributed by atoms with Crippen LogP contribution in [-0.4, -0.2) is 35.4 Å². The minimum absolute atomic E-state index is 0.141. The van der Waals surface area contributed by atoms with Gasteiger partial charge in [0.25, 0.3) is 0 Å². The Morgan fingerprint density at radius 2 is 1.78 bits per heavy atom. The molecule has 0 spiro atoms. The van der Waals surface area contributed by atoms with Crippen LogP contribution in [0.4, 0.5) is 0 Å². The van der Waals surface area contributed by atoms with Crippen LogP contribution in [0.5, 0.6) is 0 Å². The zero-order chi connectivity index (χ0) is 13.6. The molecule has 0 radical (unpaired) electrons. The molecule has 0 atom stereocenters. The summed E-state index contributed by atoms with van der Waals surface area (Å²) >= 11 is 0. The van der Waals surface area contributed by atoms with Gasteiger partial charge in [0.05, 0.1) is 0 Å². The summed E-state index contributed by atoms with van der Waals surface area (Å²) < 4.78 is 5.22. The van der Waals surface area contributed by atoms with Crippen molar-refractivity contribution in [3.63, 3.8) is 0 Å². The molecule has 0 unspecified atom stereocenters. The second-order valence-electron chi connectivity index (χ2n) is 5.06. The Kier molecular flexibility index (Phi) is 5.59. The highest BCUT2D eigenvalue weighted by Gasteiger charge is 2.47. The molecule has 0 aromatic rings. The third-order valence-corrected chi connectivity index (χ3v) is 3.75. The third-order valence-electron chi connectivity index (χ3n) is 3.75. The van der Waals surface area contributed by atoms with Gasteiger partial charge in [0.1, 0.15) is 0 Å². The third kappa shape index (κ3) is 3.45. The maximum absolute atomic E-state index is 11.4. The van der Waals surface area contributed by atoms with E-state index < -0.39 is 17.4 Å². The predicted octanol–water partition coefficient (Wildman–Crippen LogP) is 2.15. The summed E-state index contributed by atoms with van der Waals surface area (Å²) in [5.41, 5.74) is -1.61. The van der Waals surface area contributed by atoms with Crippen LogP contribution in [0, 0.1) is 11.3 Å². The molecule has 18 heavy (non-hydrogen) atoms. The smallest absolute Gasteiger partial charge is 0.321 e. The van der Waals surface area contributed by atoms with Crippen LogP contribution in [-0.2, 0) is 14.3 Å². The van der Waals surface area contributed by atoms with E-state index in [-0.39, 0.29) is 18.8 Å². The minimum Gasteiger partial charge on any atom is -0.480 e. The maximum Gasteiger partial charge on any atom is 0.321 e. The molecule has 0 saturated carbocycles. The van der Waals surface area contributed by atoms with Crippen molar-refractivity contribution in [3.8, 4) is 0 Å². The van der Waals surface area contributed by atoms with Gasteiger partial charge in [-0.25, -0.2) is 0 Å². The van der Waals surface area contributed by atoms with Gasteiger partial charge < -0.3 is 14.9 Å². The molecule has 0 aromatic heterocycles. The molecular formula is C13H22O5. The van der Waals surface area contributed by atoms with E-state index in [9.17, 15) is 19.8 Å². The van der Waals surface area contributed by atoms with E-state index in [1.807, 2.05) is 6.92 Å². The molecule has 0 amide bonds. The van der Waals surface area contributed by atoms with Crippen LogP contribution < -0.4 is 0 Å². The summed E-state index contributed by atoms with van der Waals surface area (Å²) in [4.78, 5) is 22.9. The maximum atomic E-state index is 11.4. The second kappa shape index (κ2) is 6.73. The molecule has 2 N–H and O–H groups in total. The van der Waals surface area contributed by atoms with Gasteiger partial charge in [-0.15, -0.1) is 0 Å². The molecule has 1 aliphatic heterocycles. The molecule has 1 heterocycles. The number of aliphatic carboxylic acids is 2. The van der Waals surface area contributed by atoms with Crippen molar-refractivity contribution >= 4 is 11.9 Å². The number of rotatable bonds is 7. The van der Waals surface area contributed by atoms with Crippen molar-refractivity contribution in [2.24, 2.45) is 11.3 Å². The van der Waals surface area contributed by atoms with Gasteiger partial charge in [-0.2, -0.15) is 0 Å². The van der Waals surface area contributed by atoms with Gasteiger partial charge in [-0.1, -0.05) is 19.8 Å². The first-order chi connectivity index (χ1) is 8.53. The number of unbranched alkanes of at least 4 members (excludes halogenated alkanes) is 1. The summed E-state index contributed by atoms with van der Waals surface area (Å²) in [7, 11) is 0. The summed E-state index contributed by atoms with van der Waals surface area (Å²) in [6.07, 6.45) is 3.38. The van der Waals surface area contributed by atoms with Crippen molar-refractivity contribution in [1.82, 2.24) is 0 Å². The highest BCUT2D eigenvalue weighted by atomic mass is 16.5.